The molecule has 3 aliphatic rings. The maximum absolute atomic E-state index is 8.77. The summed E-state index contributed by atoms with van der Waals surface area (Å²) in [6.07, 6.45) is 16.3. The molecule has 0 radical (unpaired) electrons. The molecule has 3 rings (SSSR count). The molecule has 0 amide bonds. The smallest absolute Gasteiger partial charge is 0.133 e. The molecule has 0 atom stereocenters. The first kappa shape index (κ1) is 18.2. The van der Waals surface area contributed by atoms with Crippen LogP contribution in [0.2, 0.25) is 0 Å². The van der Waals surface area contributed by atoms with Gasteiger partial charge < -0.3 is 0 Å². The summed E-state index contributed by atoms with van der Waals surface area (Å²) in [5, 5.41) is 11.6. The van der Waals surface area contributed by atoms with E-state index in [1.807, 2.05) is 0 Å². The monoisotopic (exact) mass is 343 g/mol. The molecule has 0 spiro atoms. The first-order valence-electron chi connectivity index (χ1n) is 10.3. The molecule has 3 aliphatic carbocycles. The number of thiocyanates is 1. The minimum Gasteiger partial charge on any atom is -0.185 e. The number of hydrogen-bond acceptors (Lipinski definition) is 2. The van der Waals surface area contributed by atoms with Crippen LogP contribution in [0.25, 0.3) is 0 Å². The number of rotatable bonds is 2. The van der Waals surface area contributed by atoms with Gasteiger partial charge in [0.1, 0.15) is 5.40 Å². The van der Waals surface area contributed by atoms with Crippen LogP contribution in [0.1, 0.15) is 84.0 Å². The molecule has 24 heavy (non-hydrogen) atoms. The van der Waals surface area contributed by atoms with E-state index >= 15 is 0 Å². The maximum atomic E-state index is 8.77. The van der Waals surface area contributed by atoms with E-state index in [9.17, 15) is 0 Å². The van der Waals surface area contributed by atoms with Crippen LogP contribution in [0.4, 0.5) is 0 Å². The summed E-state index contributed by atoms with van der Waals surface area (Å²) < 4.78 is 0. The SMILES string of the molecule is CC1CCC(C2CCC(C#CC3CCC(SC#N)CC3)CC2)CC1. The lowest BCUT2D eigenvalue weighted by molar-refractivity contribution is 0.162. The van der Waals surface area contributed by atoms with Crippen molar-refractivity contribution in [2.45, 2.75) is 89.2 Å². The van der Waals surface area contributed by atoms with Crippen molar-refractivity contribution in [2.24, 2.45) is 29.6 Å². The van der Waals surface area contributed by atoms with Crippen molar-refractivity contribution in [3.63, 3.8) is 0 Å². The molecule has 0 unspecified atom stereocenters. The van der Waals surface area contributed by atoms with E-state index in [2.05, 4.69) is 24.2 Å². The predicted molar refractivity (Wildman–Crippen MR) is 103 cm³/mol. The molecule has 3 saturated carbocycles. The Labute approximate surface area is 153 Å². The van der Waals surface area contributed by atoms with Gasteiger partial charge in [-0.25, -0.2) is 0 Å². The number of thioether (sulfide) groups is 1. The second-order valence-electron chi connectivity index (χ2n) is 8.60. The second kappa shape index (κ2) is 9.20. The molecule has 132 valence electrons. The van der Waals surface area contributed by atoms with Gasteiger partial charge in [0, 0.05) is 17.1 Å². The molecule has 0 aromatic rings. The summed E-state index contributed by atoms with van der Waals surface area (Å²) in [7, 11) is 0. The Kier molecular flexibility index (Phi) is 6.97. The number of hydrogen-bond donors (Lipinski definition) is 0. The highest BCUT2D eigenvalue weighted by molar-refractivity contribution is 8.04. The molecule has 0 aliphatic heterocycles. The average Bonchev–Trinajstić information content (AvgIpc) is 2.63. The van der Waals surface area contributed by atoms with Gasteiger partial charge in [0.05, 0.1) is 0 Å². The third-order valence-electron chi connectivity index (χ3n) is 6.88. The van der Waals surface area contributed by atoms with Crippen molar-refractivity contribution in [3.8, 4) is 17.2 Å². The second-order valence-corrected chi connectivity index (χ2v) is 9.69. The molecular weight excluding hydrogens is 310 g/mol. The highest BCUT2D eigenvalue weighted by Crippen LogP contribution is 2.41. The van der Waals surface area contributed by atoms with E-state index in [-0.39, 0.29) is 0 Å². The van der Waals surface area contributed by atoms with E-state index in [0.717, 1.165) is 17.8 Å². The number of nitrogens with zero attached hydrogens (tertiary/aromatic N) is 1. The molecule has 3 fully saturated rings. The first-order valence-corrected chi connectivity index (χ1v) is 11.2. The van der Waals surface area contributed by atoms with Crippen LogP contribution in [-0.4, -0.2) is 5.25 Å². The van der Waals surface area contributed by atoms with E-state index in [4.69, 9.17) is 5.26 Å². The van der Waals surface area contributed by atoms with Crippen molar-refractivity contribution in [2.75, 3.05) is 0 Å². The van der Waals surface area contributed by atoms with E-state index in [1.54, 1.807) is 0 Å². The lowest BCUT2D eigenvalue weighted by Gasteiger charge is -2.36. The van der Waals surface area contributed by atoms with Crippen LogP contribution in [-0.2, 0) is 0 Å². The summed E-state index contributed by atoms with van der Waals surface area (Å²) >= 11 is 1.47. The molecule has 0 saturated heterocycles. The molecular formula is C22H33NS. The Balaban J connectivity index is 1.38. The molecule has 0 aromatic carbocycles. The average molecular weight is 344 g/mol. The summed E-state index contributed by atoms with van der Waals surface area (Å²) in [5.74, 6) is 11.6. The van der Waals surface area contributed by atoms with Gasteiger partial charge in [0.15, 0.2) is 0 Å². The third kappa shape index (κ3) is 5.20. The Morgan fingerprint density at radius 3 is 1.62 bits per heavy atom. The van der Waals surface area contributed by atoms with Crippen molar-refractivity contribution >= 4 is 11.8 Å². The molecule has 0 heterocycles. The van der Waals surface area contributed by atoms with Crippen molar-refractivity contribution in [3.05, 3.63) is 0 Å². The summed E-state index contributed by atoms with van der Waals surface area (Å²) in [6.45, 7) is 2.43. The van der Waals surface area contributed by atoms with E-state index in [0.29, 0.717) is 17.1 Å². The molecule has 0 bridgehead atoms. The van der Waals surface area contributed by atoms with Gasteiger partial charge >= 0.3 is 0 Å². The summed E-state index contributed by atoms with van der Waals surface area (Å²) in [4.78, 5) is 0. The highest BCUT2D eigenvalue weighted by atomic mass is 32.2. The normalized spacial score (nSPS) is 40.2. The van der Waals surface area contributed by atoms with Crippen molar-refractivity contribution in [1.29, 1.82) is 5.26 Å². The van der Waals surface area contributed by atoms with Gasteiger partial charge in [0.25, 0.3) is 0 Å². The predicted octanol–water partition coefficient (Wildman–Crippen LogP) is 6.40. The quantitative estimate of drug-likeness (QED) is 0.428. The standard InChI is InChI=1S/C22H33NS/c1-17-2-10-20(11-3-17)21-12-6-18(7-13-21)4-5-19-8-14-22(15-9-19)24-16-23/h17-22H,2-3,6-15H2,1H3. The van der Waals surface area contributed by atoms with Gasteiger partial charge in [-0.15, -0.1) is 0 Å². The minimum absolute atomic E-state index is 0.571. The summed E-state index contributed by atoms with van der Waals surface area (Å²) in [6, 6.07) is 0. The van der Waals surface area contributed by atoms with E-state index < -0.39 is 0 Å². The first-order chi connectivity index (χ1) is 11.7. The van der Waals surface area contributed by atoms with Gasteiger partial charge in [-0.05, 0) is 93.7 Å². The van der Waals surface area contributed by atoms with Gasteiger partial charge in [0.2, 0.25) is 0 Å². The third-order valence-corrected chi connectivity index (χ3v) is 7.79. The number of nitriles is 1. The zero-order valence-electron chi connectivity index (χ0n) is 15.3. The maximum Gasteiger partial charge on any atom is 0.133 e. The zero-order chi connectivity index (χ0) is 16.8. The Morgan fingerprint density at radius 1 is 0.667 bits per heavy atom. The lowest BCUT2D eigenvalue weighted by Crippen LogP contribution is -2.25. The minimum atomic E-state index is 0.571. The highest BCUT2D eigenvalue weighted by Gasteiger charge is 2.29. The fourth-order valence-corrected chi connectivity index (χ4v) is 5.78. The Morgan fingerprint density at radius 2 is 1.12 bits per heavy atom. The van der Waals surface area contributed by atoms with Crippen molar-refractivity contribution < 1.29 is 0 Å². The fourth-order valence-electron chi connectivity index (χ4n) is 5.13. The van der Waals surface area contributed by atoms with Gasteiger partial charge in [-0.3, -0.25) is 0 Å². The zero-order valence-corrected chi connectivity index (χ0v) is 16.1. The van der Waals surface area contributed by atoms with Crippen LogP contribution in [0.3, 0.4) is 0 Å². The van der Waals surface area contributed by atoms with Crippen LogP contribution in [0.15, 0.2) is 0 Å². The molecule has 1 nitrogen and oxygen atoms in total. The molecule has 0 aromatic heterocycles. The lowest BCUT2D eigenvalue weighted by atomic mass is 9.69. The Bertz CT molecular complexity index is 472. The van der Waals surface area contributed by atoms with Crippen LogP contribution in [0, 0.1) is 52.1 Å². The van der Waals surface area contributed by atoms with Crippen molar-refractivity contribution in [1.82, 2.24) is 0 Å². The molecule has 2 heteroatoms. The molecule has 0 N–H and O–H groups in total. The van der Waals surface area contributed by atoms with Gasteiger partial charge in [-0.1, -0.05) is 31.6 Å². The topological polar surface area (TPSA) is 23.8 Å². The summed E-state index contributed by atoms with van der Waals surface area (Å²) in [5.41, 5.74) is 0. The van der Waals surface area contributed by atoms with E-state index in [1.165, 1.54) is 88.8 Å². The fraction of sp³-hybridized carbons (Fsp3) is 0.864. The van der Waals surface area contributed by atoms with Crippen LogP contribution >= 0.6 is 11.8 Å². The Hall–Kier alpha value is -0.600. The van der Waals surface area contributed by atoms with Gasteiger partial charge in [-0.2, -0.15) is 5.26 Å². The van der Waals surface area contributed by atoms with Crippen LogP contribution < -0.4 is 0 Å². The largest absolute Gasteiger partial charge is 0.185 e. The van der Waals surface area contributed by atoms with Crippen LogP contribution in [0.5, 0.6) is 0 Å².